The molecule has 0 aliphatic rings. The second-order valence-electron chi connectivity index (χ2n) is 2.67. The fraction of sp³-hybridized carbons (Fsp3) is 0.250. The van der Waals surface area contributed by atoms with Crippen molar-refractivity contribution in [2.24, 2.45) is 0 Å². The summed E-state index contributed by atoms with van der Waals surface area (Å²) in [5, 5.41) is 8.20. The van der Waals surface area contributed by atoms with E-state index in [1.54, 1.807) is 0 Å². The van der Waals surface area contributed by atoms with Crippen molar-refractivity contribution in [1.29, 1.82) is 0 Å². The first kappa shape index (κ1) is 11.3. The molecule has 0 radical (unpaired) electrons. The van der Waals surface area contributed by atoms with Crippen LogP contribution in [-0.2, 0) is 22.2 Å². The first-order valence-corrected chi connectivity index (χ1v) is 3.72. The lowest BCUT2D eigenvalue weighted by Crippen LogP contribution is -2.14. The lowest BCUT2D eigenvalue weighted by atomic mass is 10.2. The molecular formula is C8H5F3O4. The van der Waals surface area contributed by atoms with Gasteiger partial charge in [-0.3, -0.25) is 4.79 Å². The Labute approximate surface area is 81.3 Å². The van der Waals surface area contributed by atoms with Crippen molar-refractivity contribution in [2.75, 3.05) is 0 Å². The van der Waals surface area contributed by atoms with Crippen LogP contribution in [0, 0.1) is 0 Å². The lowest BCUT2D eigenvalue weighted by Gasteiger charge is -2.00. The van der Waals surface area contributed by atoms with Gasteiger partial charge in [-0.2, -0.15) is 13.2 Å². The first-order valence-electron chi connectivity index (χ1n) is 3.72. The van der Waals surface area contributed by atoms with E-state index in [-0.39, 0.29) is 5.76 Å². The number of Topliss-reactive ketones (excluding diaryl/α,β-unsaturated/α-hetero) is 1. The minimum absolute atomic E-state index is 0.324. The van der Waals surface area contributed by atoms with Gasteiger partial charge in [-0.25, -0.2) is 4.79 Å². The molecule has 0 bridgehead atoms. The third-order valence-electron chi connectivity index (χ3n) is 1.51. The average Bonchev–Trinajstić information content (AvgIpc) is 2.51. The largest absolute Gasteiger partial charge is 0.475 e. The summed E-state index contributed by atoms with van der Waals surface area (Å²) in [6.45, 7) is 0. The molecule has 0 fully saturated rings. The number of halogens is 3. The van der Waals surface area contributed by atoms with E-state index in [9.17, 15) is 22.8 Å². The molecule has 0 unspecified atom stereocenters. The summed E-state index contributed by atoms with van der Waals surface area (Å²) < 4.78 is 40.3. The highest BCUT2D eigenvalue weighted by atomic mass is 19.4. The SMILES string of the molecule is O=C(O)C(=O)Cc1ccc(C(F)(F)F)o1. The molecule has 0 aromatic carbocycles. The van der Waals surface area contributed by atoms with E-state index in [1.807, 2.05) is 0 Å². The highest BCUT2D eigenvalue weighted by molar-refractivity contribution is 6.33. The van der Waals surface area contributed by atoms with Gasteiger partial charge in [0, 0.05) is 0 Å². The monoisotopic (exact) mass is 222 g/mol. The Morgan fingerprint density at radius 2 is 1.93 bits per heavy atom. The Morgan fingerprint density at radius 1 is 1.33 bits per heavy atom. The van der Waals surface area contributed by atoms with E-state index >= 15 is 0 Å². The zero-order valence-electron chi connectivity index (χ0n) is 7.17. The van der Waals surface area contributed by atoms with Crippen molar-refractivity contribution in [3.8, 4) is 0 Å². The Balaban J connectivity index is 2.78. The van der Waals surface area contributed by atoms with Crippen LogP contribution < -0.4 is 0 Å². The van der Waals surface area contributed by atoms with Gasteiger partial charge in [0.25, 0.3) is 0 Å². The molecule has 0 aliphatic carbocycles. The maximum Gasteiger partial charge on any atom is 0.449 e. The number of ketones is 1. The van der Waals surface area contributed by atoms with E-state index in [2.05, 4.69) is 4.42 Å². The van der Waals surface area contributed by atoms with Crippen molar-refractivity contribution in [3.05, 3.63) is 23.7 Å². The Bertz CT molecular complexity index is 391. The number of carboxylic acid groups (broad SMARTS) is 1. The van der Waals surface area contributed by atoms with Crippen molar-refractivity contribution in [3.63, 3.8) is 0 Å². The number of carboxylic acids is 1. The second kappa shape index (κ2) is 3.76. The number of furan rings is 1. The maximum atomic E-state index is 12.0. The zero-order chi connectivity index (χ0) is 11.6. The number of alkyl halides is 3. The van der Waals surface area contributed by atoms with E-state index < -0.39 is 30.1 Å². The topological polar surface area (TPSA) is 67.5 Å². The summed E-state index contributed by atoms with van der Waals surface area (Å²) in [7, 11) is 0. The van der Waals surface area contributed by atoms with Gasteiger partial charge in [-0.1, -0.05) is 0 Å². The second-order valence-corrected chi connectivity index (χ2v) is 2.67. The predicted molar refractivity (Wildman–Crippen MR) is 40.1 cm³/mol. The molecule has 0 aliphatic heterocycles. The van der Waals surface area contributed by atoms with Crippen molar-refractivity contribution >= 4 is 11.8 Å². The Morgan fingerprint density at radius 3 is 2.33 bits per heavy atom. The van der Waals surface area contributed by atoms with Crippen LogP contribution in [0.4, 0.5) is 13.2 Å². The molecule has 15 heavy (non-hydrogen) atoms. The van der Waals surface area contributed by atoms with E-state index in [4.69, 9.17) is 5.11 Å². The fourth-order valence-electron chi connectivity index (χ4n) is 0.859. The summed E-state index contributed by atoms with van der Waals surface area (Å²) in [6, 6.07) is 1.56. The third-order valence-corrected chi connectivity index (χ3v) is 1.51. The summed E-state index contributed by atoms with van der Waals surface area (Å²) in [6.07, 6.45) is -5.32. The Kier molecular flexibility index (Phi) is 2.83. The van der Waals surface area contributed by atoms with E-state index in [0.717, 1.165) is 6.07 Å². The van der Waals surface area contributed by atoms with Crippen LogP contribution in [0.5, 0.6) is 0 Å². The molecule has 82 valence electrons. The van der Waals surface area contributed by atoms with Gasteiger partial charge in [0.1, 0.15) is 5.76 Å². The quantitative estimate of drug-likeness (QED) is 0.786. The lowest BCUT2D eigenvalue weighted by molar-refractivity contribution is -0.153. The van der Waals surface area contributed by atoms with Gasteiger partial charge >= 0.3 is 12.1 Å². The van der Waals surface area contributed by atoms with Crippen molar-refractivity contribution in [2.45, 2.75) is 12.6 Å². The number of carbonyl (C=O) groups is 2. The summed E-state index contributed by atoms with van der Waals surface area (Å²) in [5.41, 5.74) is 0. The zero-order valence-corrected chi connectivity index (χ0v) is 7.17. The van der Waals surface area contributed by atoms with Gasteiger partial charge in [0.05, 0.1) is 6.42 Å². The molecule has 1 heterocycles. The standard InChI is InChI=1S/C8H5F3O4/c9-8(10,11)6-2-1-4(15-6)3-5(12)7(13)14/h1-2H,3H2,(H,13,14). The van der Waals surface area contributed by atoms with Gasteiger partial charge < -0.3 is 9.52 Å². The van der Waals surface area contributed by atoms with Crippen LogP contribution in [0.2, 0.25) is 0 Å². The molecule has 4 nitrogen and oxygen atoms in total. The van der Waals surface area contributed by atoms with Crippen molar-refractivity contribution < 1.29 is 32.3 Å². The number of aliphatic carboxylic acids is 1. The van der Waals surface area contributed by atoms with Gasteiger partial charge in [-0.05, 0) is 12.1 Å². The van der Waals surface area contributed by atoms with Gasteiger partial charge in [-0.15, -0.1) is 0 Å². The van der Waals surface area contributed by atoms with E-state index in [1.165, 1.54) is 0 Å². The molecule has 7 heteroatoms. The predicted octanol–water partition coefficient (Wildman–Crippen LogP) is 1.49. The maximum absolute atomic E-state index is 12.0. The number of hydrogen-bond acceptors (Lipinski definition) is 3. The molecule has 1 aromatic heterocycles. The highest BCUT2D eigenvalue weighted by Gasteiger charge is 2.35. The van der Waals surface area contributed by atoms with E-state index in [0.29, 0.717) is 6.07 Å². The third kappa shape index (κ3) is 2.83. The number of carbonyl (C=O) groups excluding carboxylic acids is 1. The number of rotatable bonds is 3. The number of hydrogen-bond donors (Lipinski definition) is 1. The summed E-state index contributed by atoms with van der Waals surface area (Å²) >= 11 is 0. The smallest absolute Gasteiger partial charge is 0.449 e. The summed E-state index contributed by atoms with van der Waals surface area (Å²) in [5.74, 6) is -4.51. The van der Waals surface area contributed by atoms with Gasteiger partial charge in [0.2, 0.25) is 11.5 Å². The van der Waals surface area contributed by atoms with Crippen LogP contribution in [0.3, 0.4) is 0 Å². The van der Waals surface area contributed by atoms with Gasteiger partial charge in [0.15, 0.2) is 0 Å². The minimum Gasteiger partial charge on any atom is -0.475 e. The molecule has 0 saturated heterocycles. The molecular weight excluding hydrogens is 217 g/mol. The van der Waals surface area contributed by atoms with Crippen LogP contribution >= 0.6 is 0 Å². The normalized spacial score (nSPS) is 11.4. The highest BCUT2D eigenvalue weighted by Crippen LogP contribution is 2.30. The van der Waals surface area contributed by atoms with Crippen molar-refractivity contribution in [1.82, 2.24) is 0 Å². The first-order chi connectivity index (χ1) is 6.80. The fourth-order valence-corrected chi connectivity index (χ4v) is 0.859. The van der Waals surface area contributed by atoms with Crippen LogP contribution in [0.15, 0.2) is 16.5 Å². The van der Waals surface area contributed by atoms with Crippen LogP contribution in [0.25, 0.3) is 0 Å². The molecule has 1 N–H and O–H groups in total. The van der Waals surface area contributed by atoms with Crippen LogP contribution in [0.1, 0.15) is 11.5 Å². The summed E-state index contributed by atoms with van der Waals surface area (Å²) in [4.78, 5) is 20.7. The average molecular weight is 222 g/mol. The minimum atomic E-state index is -4.63. The van der Waals surface area contributed by atoms with Crippen LogP contribution in [-0.4, -0.2) is 16.9 Å². The Hall–Kier alpha value is -1.79. The molecule has 1 aromatic rings. The molecule has 0 spiro atoms. The molecule has 0 amide bonds. The molecule has 1 rings (SSSR count). The molecule has 0 atom stereocenters. The molecule has 0 saturated carbocycles.